The number of hydrogen-bond acceptors (Lipinski definition) is 3. The van der Waals surface area contributed by atoms with Gasteiger partial charge in [-0.05, 0) is 59.7 Å². The summed E-state index contributed by atoms with van der Waals surface area (Å²) < 4.78 is 8.82. The Morgan fingerprint density at radius 3 is 1.58 bits per heavy atom. The molecule has 234 valence electrons. The fourth-order valence-electron chi connectivity index (χ4n) is 7.19. The summed E-state index contributed by atoms with van der Waals surface area (Å²) in [6.07, 6.45) is 0. The van der Waals surface area contributed by atoms with Crippen molar-refractivity contribution < 1.29 is 4.42 Å². The van der Waals surface area contributed by atoms with Gasteiger partial charge in [-0.2, -0.15) is 0 Å². The van der Waals surface area contributed by atoms with Crippen LogP contribution in [0.1, 0.15) is 0 Å². The van der Waals surface area contributed by atoms with Gasteiger partial charge in [-0.15, -0.1) is 0 Å². The Balaban J connectivity index is 1.09. The van der Waals surface area contributed by atoms with Gasteiger partial charge in [0, 0.05) is 43.9 Å². The quantitative estimate of drug-likeness (QED) is 0.188. The van der Waals surface area contributed by atoms with E-state index in [-0.39, 0.29) is 0 Å². The lowest BCUT2D eigenvalue weighted by molar-refractivity contribution is 0.669. The molecule has 0 saturated carbocycles. The van der Waals surface area contributed by atoms with Crippen molar-refractivity contribution in [3.05, 3.63) is 176 Å². The second-order valence-electron chi connectivity index (χ2n) is 12.6. The highest BCUT2D eigenvalue weighted by molar-refractivity contribution is 6.10. The Kier molecular flexibility index (Phi) is 6.46. The number of hydrogen-bond donors (Lipinski definition) is 0. The van der Waals surface area contributed by atoms with E-state index >= 15 is 0 Å². The molecule has 3 heterocycles. The summed E-state index contributed by atoms with van der Waals surface area (Å²) >= 11 is 0. The Morgan fingerprint density at radius 1 is 0.360 bits per heavy atom. The van der Waals surface area contributed by atoms with Gasteiger partial charge in [-0.25, -0.2) is 9.97 Å². The molecule has 7 aromatic carbocycles. The van der Waals surface area contributed by atoms with Crippen LogP contribution < -0.4 is 0 Å². The predicted octanol–water partition coefficient (Wildman–Crippen LogP) is 12.1. The summed E-state index contributed by atoms with van der Waals surface area (Å²) in [5.74, 6) is 0.654. The third-order valence-electron chi connectivity index (χ3n) is 9.63. The van der Waals surface area contributed by atoms with Crippen LogP contribution >= 0.6 is 0 Å². The highest BCUT2D eigenvalue weighted by Crippen LogP contribution is 2.37. The van der Waals surface area contributed by atoms with Gasteiger partial charge in [-0.3, -0.25) is 0 Å². The van der Waals surface area contributed by atoms with E-state index in [1.54, 1.807) is 0 Å². The Hall–Kier alpha value is -6.78. The smallest absolute Gasteiger partial charge is 0.160 e. The Morgan fingerprint density at radius 2 is 0.900 bits per heavy atom. The summed E-state index contributed by atoms with van der Waals surface area (Å²) in [4.78, 5) is 10.2. The maximum Gasteiger partial charge on any atom is 0.160 e. The van der Waals surface area contributed by atoms with Crippen molar-refractivity contribution in [2.45, 2.75) is 0 Å². The van der Waals surface area contributed by atoms with Crippen LogP contribution in [0.25, 0.3) is 94.5 Å². The average molecular weight is 640 g/mol. The van der Waals surface area contributed by atoms with Crippen LogP contribution in [-0.2, 0) is 0 Å². The number of nitrogens with zero attached hydrogens (tertiary/aromatic N) is 3. The minimum atomic E-state index is 0.654. The number of benzene rings is 7. The molecule has 0 aliphatic heterocycles. The molecular weight excluding hydrogens is 611 g/mol. The van der Waals surface area contributed by atoms with Crippen molar-refractivity contribution in [2.75, 3.05) is 0 Å². The van der Waals surface area contributed by atoms with Crippen molar-refractivity contribution in [2.24, 2.45) is 0 Å². The molecule has 0 amide bonds. The standard InChI is InChI=1S/C46H29N3O/c1-3-11-30(12-4-1)31-19-21-33(22-20-31)41-29-40(32-13-5-2-6-14-32)47-46(48-41)34-23-25-38-39-28-35(24-26-44(39)50-45(38)27-34)49-42-17-9-7-15-36(42)37-16-8-10-18-43(37)49/h1-29H. The maximum atomic E-state index is 6.48. The SMILES string of the molecule is c1ccc(-c2ccc(-c3cc(-c4ccccc4)nc(-c4ccc5c(c4)oc4ccc(-n6c7ccccc7c7ccccc76)cc45)n3)cc2)cc1. The van der Waals surface area contributed by atoms with Crippen molar-refractivity contribution in [3.63, 3.8) is 0 Å². The first kappa shape index (κ1) is 28.3. The van der Waals surface area contributed by atoms with Crippen LogP contribution in [0.15, 0.2) is 180 Å². The van der Waals surface area contributed by atoms with Crippen molar-refractivity contribution in [1.29, 1.82) is 0 Å². The minimum absolute atomic E-state index is 0.654. The predicted molar refractivity (Wildman–Crippen MR) is 205 cm³/mol. The van der Waals surface area contributed by atoms with Crippen LogP contribution in [0.4, 0.5) is 0 Å². The normalized spacial score (nSPS) is 11.6. The van der Waals surface area contributed by atoms with E-state index in [2.05, 4.69) is 156 Å². The van der Waals surface area contributed by atoms with E-state index in [1.165, 1.54) is 32.9 Å². The molecule has 0 fully saturated rings. The van der Waals surface area contributed by atoms with Gasteiger partial charge in [-0.1, -0.05) is 127 Å². The number of aromatic nitrogens is 3. The Labute approximate surface area is 288 Å². The minimum Gasteiger partial charge on any atom is -0.456 e. The first-order chi connectivity index (χ1) is 24.8. The molecule has 50 heavy (non-hydrogen) atoms. The molecule has 3 aromatic heterocycles. The number of rotatable bonds is 5. The van der Waals surface area contributed by atoms with E-state index in [1.807, 2.05) is 24.3 Å². The molecule has 0 radical (unpaired) electrons. The molecule has 0 aliphatic rings. The summed E-state index contributed by atoms with van der Waals surface area (Å²) in [6.45, 7) is 0. The highest BCUT2D eigenvalue weighted by atomic mass is 16.3. The zero-order valence-corrected chi connectivity index (χ0v) is 27.0. The van der Waals surface area contributed by atoms with Crippen LogP contribution in [0.3, 0.4) is 0 Å². The van der Waals surface area contributed by atoms with Crippen molar-refractivity contribution in [1.82, 2.24) is 14.5 Å². The fraction of sp³-hybridized carbons (Fsp3) is 0. The second-order valence-corrected chi connectivity index (χ2v) is 12.6. The van der Waals surface area contributed by atoms with Gasteiger partial charge in [0.2, 0.25) is 0 Å². The number of fused-ring (bicyclic) bond motifs is 6. The molecule has 0 atom stereocenters. The largest absolute Gasteiger partial charge is 0.456 e. The van der Waals surface area contributed by atoms with Gasteiger partial charge in [0.1, 0.15) is 11.2 Å². The van der Waals surface area contributed by atoms with Crippen LogP contribution in [-0.4, -0.2) is 14.5 Å². The second kappa shape index (κ2) is 11.4. The zero-order chi connectivity index (χ0) is 33.0. The lowest BCUT2D eigenvalue weighted by Gasteiger charge is -2.10. The maximum absolute atomic E-state index is 6.48. The topological polar surface area (TPSA) is 43.9 Å². The first-order valence-corrected chi connectivity index (χ1v) is 16.8. The van der Waals surface area contributed by atoms with E-state index in [0.29, 0.717) is 5.82 Å². The fourth-order valence-corrected chi connectivity index (χ4v) is 7.19. The molecule has 0 spiro atoms. The van der Waals surface area contributed by atoms with Crippen LogP contribution in [0.2, 0.25) is 0 Å². The molecule has 0 aliphatic carbocycles. The van der Waals surface area contributed by atoms with E-state index < -0.39 is 0 Å². The molecule has 10 rings (SSSR count). The summed E-state index contributed by atoms with van der Waals surface area (Å²) in [7, 11) is 0. The summed E-state index contributed by atoms with van der Waals surface area (Å²) in [6, 6.07) is 61.3. The molecule has 10 aromatic rings. The summed E-state index contributed by atoms with van der Waals surface area (Å²) in [5.41, 5.74) is 12.2. The van der Waals surface area contributed by atoms with E-state index in [9.17, 15) is 0 Å². The molecule has 4 nitrogen and oxygen atoms in total. The highest BCUT2D eigenvalue weighted by Gasteiger charge is 2.16. The van der Waals surface area contributed by atoms with E-state index in [0.717, 1.165) is 55.7 Å². The molecular formula is C46H29N3O. The summed E-state index contributed by atoms with van der Waals surface area (Å²) in [5, 5.41) is 4.62. The molecule has 0 saturated heterocycles. The molecule has 0 bridgehead atoms. The molecule has 4 heteroatoms. The van der Waals surface area contributed by atoms with Crippen molar-refractivity contribution in [3.8, 4) is 50.7 Å². The lowest BCUT2D eigenvalue weighted by Crippen LogP contribution is -1.96. The van der Waals surface area contributed by atoms with Crippen LogP contribution in [0.5, 0.6) is 0 Å². The van der Waals surface area contributed by atoms with Gasteiger partial charge in [0.15, 0.2) is 5.82 Å². The zero-order valence-electron chi connectivity index (χ0n) is 27.0. The van der Waals surface area contributed by atoms with Gasteiger partial charge in [0.05, 0.1) is 22.4 Å². The monoisotopic (exact) mass is 639 g/mol. The van der Waals surface area contributed by atoms with Gasteiger partial charge < -0.3 is 8.98 Å². The third-order valence-corrected chi connectivity index (χ3v) is 9.63. The average Bonchev–Trinajstić information content (AvgIpc) is 3.73. The first-order valence-electron chi connectivity index (χ1n) is 16.8. The third kappa shape index (κ3) is 4.69. The van der Waals surface area contributed by atoms with Crippen molar-refractivity contribution >= 4 is 43.7 Å². The molecule has 0 unspecified atom stereocenters. The number of furan rings is 1. The Bertz CT molecular complexity index is 2800. The van der Waals surface area contributed by atoms with E-state index in [4.69, 9.17) is 14.4 Å². The van der Waals surface area contributed by atoms with Gasteiger partial charge >= 0.3 is 0 Å². The lowest BCUT2D eigenvalue weighted by atomic mass is 10.0. The van der Waals surface area contributed by atoms with Crippen LogP contribution in [0, 0.1) is 0 Å². The number of para-hydroxylation sites is 2. The van der Waals surface area contributed by atoms with Gasteiger partial charge in [0.25, 0.3) is 0 Å². The molecule has 0 N–H and O–H groups in total.